The molecule has 0 aromatic heterocycles. The second-order valence-electron chi connectivity index (χ2n) is 7.61. The summed E-state index contributed by atoms with van der Waals surface area (Å²) in [5.74, 6) is 0.542. The fourth-order valence-electron chi connectivity index (χ4n) is 4.01. The van der Waals surface area contributed by atoms with Gasteiger partial charge in [0, 0.05) is 0 Å². The summed E-state index contributed by atoms with van der Waals surface area (Å²) in [4.78, 5) is 27.1. The molecule has 29 heavy (non-hydrogen) atoms. The molecule has 3 aromatic rings. The van der Waals surface area contributed by atoms with Crippen molar-refractivity contribution in [3.63, 3.8) is 0 Å². The van der Waals surface area contributed by atoms with Crippen LogP contribution in [-0.4, -0.2) is 30.0 Å². The molecule has 5 nitrogen and oxygen atoms in total. The molecule has 1 fully saturated rings. The lowest BCUT2D eigenvalue weighted by Crippen LogP contribution is -2.41. The number of imide groups is 1. The maximum Gasteiger partial charge on any atom is 0.325 e. The van der Waals surface area contributed by atoms with Gasteiger partial charge in [0.15, 0.2) is 0 Å². The quantitative estimate of drug-likeness (QED) is 0.663. The Hall–Kier alpha value is -3.34. The summed E-state index contributed by atoms with van der Waals surface area (Å²) in [6.45, 7) is 6.16. The number of ether oxygens (including phenoxy) is 1. The van der Waals surface area contributed by atoms with Gasteiger partial charge in [-0.2, -0.15) is 0 Å². The van der Waals surface area contributed by atoms with E-state index < -0.39 is 11.6 Å². The number of nitrogens with one attached hydrogen (secondary N) is 1. The third-order valence-electron chi connectivity index (χ3n) is 5.57. The van der Waals surface area contributed by atoms with Crippen molar-refractivity contribution in [1.29, 1.82) is 0 Å². The molecule has 148 valence electrons. The Balaban J connectivity index is 1.55. The molecular formula is C24H24N2O3. The predicted octanol–water partition coefficient (Wildman–Crippen LogP) is 4.30. The number of urea groups is 1. The minimum atomic E-state index is -1.10. The highest BCUT2D eigenvalue weighted by Gasteiger charge is 2.49. The zero-order valence-electron chi connectivity index (χ0n) is 16.9. The Morgan fingerprint density at radius 3 is 2.34 bits per heavy atom. The first-order valence-electron chi connectivity index (χ1n) is 9.73. The molecule has 3 amide bonds. The molecular weight excluding hydrogens is 364 g/mol. The summed E-state index contributed by atoms with van der Waals surface area (Å²) in [6, 6.07) is 19.2. The average Bonchev–Trinajstić information content (AvgIpc) is 2.93. The van der Waals surface area contributed by atoms with Crippen LogP contribution in [0.5, 0.6) is 5.75 Å². The van der Waals surface area contributed by atoms with Crippen LogP contribution in [0.3, 0.4) is 0 Å². The van der Waals surface area contributed by atoms with E-state index in [1.54, 1.807) is 6.92 Å². The number of para-hydroxylation sites is 1. The van der Waals surface area contributed by atoms with Crippen LogP contribution >= 0.6 is 0 Å². The number of fused-ring (bicyclic) bond motifs is 1. The van der Waals surface area contributed by atoms with E-state index in [0.29, 0.717) is 0 Å². The van der Waals surface area contributed by atoms with Crippen molar-refractivity contribution in [2.24, 2.45) is 0 Å². The van der Waals surface area contributed by atoms with Crippen molar-refractivity contribution in [3.8, 4) is 5.75 Å². The highest BCUT2D eigenvalue weighted by molar-refractivity contribution is 6.09. The molecule has 0 saturated carbocycles. The van der Waals surface area contributed by atoms with Crippen molar-refractivity contribution < 1.29 is 14.3 Å². The van der Waals surface area contributed by atoms with Gasteiger partial charge >= 0.3 is 6.03 Å². The highest BCUT2D eigenvalue weighted by Crippen LogP contribution is 2.33. The number of benzene rings is 3. The number of aryl methyl sites for hydroxylation is 2. The molecule has 1 aliphatic rings. The van der Waals surface area contributed by atoms with Crippen LogP contribution in [-0.2, 0) is 10.3 Å². The van der Waals surface area contributed by atoms with Gasteiger partial charge in [-0.15, -0.1) is 0 Å². The van der Waals surface area contributed by atoms with Crippen molar-refractivity contribution in [1.82, 2.24) is 10.2 Å². The van der Waals surface area contributed by atoms with Gasteiger partial charge in [0.1, 0.15) is 17.9 Å². The topological polar surface area (TPSA) is 58.6 Å². The molecule has 1 atom stereocenters. The van der Waals surface area contributed by atoms with Gasteiger partial charge in [-0.1, -0.05) is 60.7 Å². The second kappa shape index (κ2) is 7.24. The lowest BCUT2D eigenvalue weighted by atomic mass is 9.88. The minimum Gasteiger partial charge on any atom is -0.491 e. The van der Waals surface area contributed by atoms with Crippen molar-refractivity contribution in [2.75, 3.05) is 13.2 Å². The fourth-order valence-corrected chi connectivity index (χ4v) is 4.01. The van der Waals surface area contributed by atoms with Crippen LogP contribution in [0.15, 0.2) is 60.7 Å². The standard InChI is InChI=1S/C24H24N2O3/c1-16-8-6-9-17(2)21(16)29-15-14-26-22(27)24(3,25-23(26)28)20-13-7-11-18-10-4-5-12-19(18)20/h4-13H,14-15H2,1-3H3,(H,25,28). The molecule has 3 aromatic carbocycles. The van der Waals surface area contributed by atoms with Crippen LogP contribution in [0.4, 0.5) is 4.79 Å². The number of nitrogens with zero attached hydrogens (tertiary/aromatic N) is 1. The normalized spacial score (nSPS) is 18.9. The van der Waals surface area contributed by atoms with Gasteiger partial charge < -0.3 is 10.1 Å². The van der Waals surface area contributed by atoms with Crippen LogP contribution in [0.25, 0.3) is 10.8 Å². The lowest BCUT2D eigenvalue weighted by molar-refractivity contribution is -0.131. The summed E-state index contributed by atoms with van der Waals surface area (Å²) in [5, 5.41) is 4.88. The number of carbonyl (C=O) groups is 2. The number of amides is 3. The van der Waals surface area contributed by atoms with E-state index in [1.807, 2.05) is 74.5 Å². The van der Waals surface area contributed by atoms with Gasteiger partial charge in [0.05, 0.1) is 6.54 Å². The minimum absolute atomic E-state index is 0.193. The SMILES string of the molecule is Cc1cccc(C)c1OCCN1C(=O)NC(C)(c2cccc3ccccc23)C1=O. The summed E-state index contributed by atoms with van der Waals surface area (Å²) in [6.07, 6.45) is 0. The third kappa shape index (κ3) is 3.23. The number of hydrogen-bond acceptors (Lipinski definition) is 3. The van der Waals surface area contributed by atoms with E-state index >= 15 is 0 Å². The van der Waals surface area contributed by atoms with Crippen molar-refractivity contribution >= 4 is 22.7 Å². The Morgan fingerprint density at radius 1 is 0.931 bits per heavy atom. The third-order valence-corrected chi connectivity index (χ3v) is 5.57. The molecule has 0 spiro atoms. The van der Waals surface area contributed by atoms with E-state index in [1.165, 1.54) is 4.90 Å². The molecule has 0 radical (unpaired) electrons. The monoisotopic (exact) mass is 388 g/mol. The molecule has 1 heterocycles. The van der Waals surface area contributed by atoms with E-state index in [9.17, 15) is 9.59 Å². The zero-order chi connectivity index (χ0) is 20.6. The summed E-state index contributed by atoms with van der Waals surface area (Å²) in [5.41, 5.74) is 1.76. The fraction of sp³-hybridized carbons (Fsp3) is 0.250. The molecule has 1 saturated heterocycles. The van der Waals surface area contributed by atoms with Crippen molar-refractivity contribution in [2.45, 2.75) is 26.3 Å². The van der Waals surface area contributed by atoms with Crippen LogP contribution in [0.2, 0.25) is 0 Å². The Morgan fingerprint density at radius 2 is 1.59 bits per heavy atom. The maximum absolute atomic E-state index is 13.2. The van der Waals surface area contributed by atoms with Gasteiger partial charge in [0.2, 0.25) is 0 Å². The second-order valence-corrected chi connectivity index (χ2v) is 7.61. The maximum atomic E-state index is 13.2. The van der Waals surface area contributed by atoms with Gasteiger partial charge in [-0.3, -0.25) is 9.69 Å². The van der Waals surface area contributed by atoms with Crippen LogP contribution < -0.4 is 10.1 Å². The average molecular weight is 388 g/mol. The molecule has 0 aliphatic carbocycles. The van der Waals surface area contributed by atoms with E-state index in [2.05, 4.69) is 5.32 Å². The van der Waals surface area contributed by atoms with Crippen molar-refractivity contribution in [3.05, 3.63) is 77.4 Å². The number of hydrogen-bond donors (Lipinski definition) is 1. The molecule has 1 aliphatic heterocycles. The van der Waals surface area contributed by atoms with Gasteiger partial charge in [-0.05, 0) is 48.2 Å². The largest absolute Gasteiger partial charge is 0.491 e. The molecule has 1 unspecified atom stereocenters. The molecule has 1 N–H and O–H groups in total. The Labute approximate surface area is 170 Å². The summed E-state index contributed by atoms with van der Waals surface area (Å²) in [7, 11) is 0. The van der Waals surface area contributed by atoms with E-state index in [-0.39, 0.29) is 19.1 Å². The number of carbonyl (C=O) groups excluding carboxylic acids is 2. The number of rotatable bonds is 5. The molecule has 4 rings (SSSR count). The summed E-state index contributed by atoms with van der Waals surface area (Å²) < 4.78 is 5.90. The Bertz CT molecular complexity index is 1080. The first-order chi connectivity index (χ1) is 13.9. The highest BCUT2D eigenvalue weighted by atomic mass is 16.5. The lowest BCUT2D eigenvalue weighted by Gasteiger charge is -2.24. The smallest absolute Gasteiger partial charge is 0.325 e. The van der Waals surface area contributed by atoms with Gasteiger partial charge in [0.25, 0.3) is 5.91 Å². The molecule has 5 heteroatoms. The Kier molecular flexibility index (Phi) is 4.74. The van der Waals surface area contributed by atoms with E-state index in [0.717, 1.165) is 33.2 Å². The first kappa shape index (κ1) is 19.0. The summed E-state index contributed by atoms with van der Waals surface area (Å²) >= 11 is 0. The zero-order valence-corrected chi connectivity index (χ0v) is 16.9. The van der Waals surface area contributed by atoms with Gasteiger partial charge in [-0.25, -0.2) is 4.79 Å². The van der Waals surface area contributed by atoms with Crippen LogP contribution in [0, 0.1) is 13.8 Å². The van der Waals surface area contributed by atoms with Crippen LogP contribution in [0.1, 0.15) is 23.6 Å². The first-order valence-corrected chi connectivity index (χ1v) is 9.73. The predicted molar refractivity (Wildman–Crippen MR) is 113 cm³/mol. The van der Waals surface area contributed by atoms with E-state index in [4.69, 9.17) is 4.74 Å². The molecule has 0 bridgehead atoms.